The summed E-state index contributed by atoms with van der Waals surface area (Å²) >= 11 is 0. The molecule has 0 spiro atoms. The number of benzene rings is 3. The van der Waals surface area contributed by atoms with Crippen molar-refractivity contribution in [3.05, 3.63) is 78.6 Å². The first-order valence-electron chi connectivity index (χ1n) is 10.2. The van der Waals surface area contributed by atoms with Crippen molar-refractivity contribution in [2.24, 2.45) is 0 Å². The van der Waals surface area contributed by atoms with E-state index in [9.17, 15) is 13.5 Å². The van der Waals surface area contributed by atoms with Crippen LogP contribution >= 0.6 is 0 Å². The first-order valence-corrected chi connectivity index (χ1v) is 12.2. The highest BCUT2D eigenvalue weighted by atomic mass is 32.2. The minimum absolute atomic E-state index is 0.163. The summed E-state index contributed by atoms with van der Waals surface area (Å²) in [7, 11) is -3.26. The van der Waals surface area contributed by atoms with E-state index in [0.29, 0.717) is 12.4 Å². The van der Waals surface area contributed by atoms with Crippen molar-refractivity contribution < 1.29 is 13.5 Å². The van der Waals surface area contributed by atoms with Crippen LogP contribution in [0.3, 0.4) is 0 Å². The second-order valence-corrected chi connectivity index (χ2v) is 10.1. The molecule has 5 aromatic rings. The third-order valence-electron chi connectivity index (χ3n) is 5.59. The van der Waals surface area contributed by atoms with E-state index in [2.05, 4.69) is 33.8 Å². The maximum Gasteiger partial charge on any atom is 0.154 e. The Morgan fingerprint density at radius 1 is 0.806 bits per heavy atom. The number of aromatic nitrogens is 3. The van der Waals surface area contributed by atoms with Gasteiger partial charge in [-0.25, -0.2) is 13.4 Å². The Morgan fingerprint density at radius 3 is 1.94 bits per heavy atom. The van der Waals surface area contributed by atoms with Gasteiger partial charge in [-0.05, 0) is 24.3 Å². The molecule has 1 N–H and O–H groups in total. The van der Waals surface area contributed by atoms with E-state index in [-0.39, 0.29) is 12.3 Å². The first kappa shape index (κ1) is 19.8. The Morgan fingerprint density at radius 2 is 1.32 bits per heavy atom. The molecule has 0 amide bonds. The van der Waals surface area contributed by atoms with Gasteiger partial charge in [0.25, 0.3) is 0 Å². The van der Waals surface area contributed by atoms with Crippen LogP contribution in [0.2, 0.25) is 0 Å². The second kappa shape index (κ2) is 7.51. The van der Waals surface area contributed by atoms with E-state index < -0.39 is 15.9 Å². The largest absolute Gasteiger partial charge is 0.389 e. The van der Waals surface area contributed by atoms with Crippen LogP contribution in [0, 0.1) is 0 Å². The molecule has 0 aliphatic rings. The van der Waals surface area contributed by atoms with Gasteiger partial charge in [0.05, 0.1) is 30.2 Å². The number of hydrogen-bond donors (Lipinski definition) is 1. The number of imidazole rings is 1. The average Bonchev–Trinajstić information content (AvgIpc) is 3.23. The lowest BCUT2D eigenvalue weighted by Gasteiger charge is -2.17. The van der Waals surface area contributed by atoms with Gasteiger partial charge in [0, 0.05) is 28.1 Å². The van der Waals surface area contributed by atoms with Crippen molar-refractivity contribution >= 4 is 42.7 Å². The topological polar surface area (TPSA) is 77.1 Å². The molecule has 2 aromatic heterocycles. The molecular weight excluding hydrogens is 410 g/mol. The van der Waals surface area contributed by atoms with Crippen LogP contribution < -0.4 is 0 Å². The molecule has 0 aliphatic heterocycles. The van der Waals surface area contributed by atoms with Gasteiger partial charge in [-0.2, -0.15) is 0 Å². The predicted octanol–water partition coefficient (Wildman–Crippen LogP) is 3.75. The summed E-state index contributed by atoms with van der Waals surface area (Å²) in [6.45, 7) is 0.644. The number of nitrogens with zero attached hydrogens (tertiary/aromatic N) is 3. The van der Waals surface area contributed by atoms with Crippen LogP contribution in [-0.4, -0.2) is 40.0 Å². The highest BCUT2D eigenvalue weighted by molar-refractivity contribution is 7.89. The van der Waals surface area contributed by atoms with Crippen LogP contribution in [0.1, 0.15) is 5.82 Å². The van der Waals surface area contributed by atoms with Gasteiger partial charge in [0.15, 0.2) is 9.84 Å². The molecule has 3 aromatic carbocycles. The minimum Gasteiger partial charge on any atom is -0.389 e. The molecule has 1 unspecified atom stereocenters. The molecule has 0 saturated heterocycles. The lowest BCUT2D eigenvalue weighted by Crippen LogP contribution is -2.23. The van der Waals surface area contributed by atoms with Crippen molar-refractivity contribution in [2.45, 2.75) is 24.9 Å². The zero-order chi connectivity index (χ0) is 21.6. The van der Waals surface area contributed by atoms with E-state index in [1.165, 1.54) is 6.26 Å². The number of rotatable bonds is 6. The third-order valence-corrected chi connectivity index (χ3v) is 6.37. The van der Waals surface area contributed by atoms with Gasteiger partial charge in [-0.1, -0.05) is 48.5 Å². The Kier molecular flexibility index (Phi) is 4.79. The van der Waals surface area contributed by atoms with Gasteiger partial charge in [-0.15, -0.1) is 0 Å². The van der Waals surface area contributed by atoms with Crippen molar-refractivity contribution in [3.8, 4) is 0 Å². The summed E-state index contributed by atoms with van der Waals surface area (Å²) in [6.07, 6.45) is 0.473. The van der Waals surface area contributed by atoms with Crippen molar-refractivity contribution in [2.75, 3.05) is 6.26 Å². The maximum absolute atomic E-state index is 11.9. The van der Waals surface area contributed by atoms with Crippen LogP contribution in [-0.2, 0) is 28.7 Å². The molecule has 158 valence electrons. The van der Waals surface area contributed by atoms with Crippen LogP contribution in [0.25, 0.3) is 32.8 Å². The monoisotopic (exact) mass is 433 g/mol. The summed E-state index contributed by atoms with van der Waals surface area (Å²) in [4.78, 5) is 4.51. The molecule has 7 heteroatoms. The molecule has 1 atom stereocenters. The normalized spacial score (nSPS) is 13.4. The summed E-state index contributed by atoms with van der Waals surface area (Å²) in [5.74, 6) is 0.286. The molecule has 6 nitrogen and oxygen atoms in total. The predicted molar refractivity (Wildman–Crippen MR) is 124 cm³/mol. The fourth-order valence-corrected chi connectivity index (χ4v) is 5.04. The van der Waals surface area contributed by atoms with Crippen LogP contribution in [0.15, 0.2) is 72.8 Å². The average molecular weight is 434 g/mol. The highest BCUT2D eigenvalue weighted by Gasteiger charge is 2.19. The highest BCUT2D eigenvalue weighted by Crippen LogP contribution is 2.29. The fourth-order valence-electron chi connectivity index (χ4n) is 4.35. The molecule has 0 saturated carbocycles. The molecule has 2 heterocycles. The van der Waals surface area contributed by atoms with E-state index in [4.69, 9.17) is 0 Å². The molecule has 0 aliphatic carbocycles. The fraction of sp³-hybridized carbons (Fsp3) is 0.208. The molecule has 5 rings (SSSR count). The maximum atomic E-state index is 11.9. The molecule has 0 bridgehead atoms. The zero-order valence-electron chi connectivity index (χ0n) is 17.1. The van der Waals surface area contributed by atoms with Gasteiger partial charge in [0.1, 0.15) is 11.6 Å². The Bertz CT molecular complexity index is 1460. The van der Waals surface area contributed by atoms with Gasteiger partial charge < -0.3 is 14.2 Å². The van der Waals surface area contributed by atoms with Crippen molar-refractivity contribution in [3.63, 3.8) is 0 Å². The Labute approximate surface area is 180 Å². The number of aliphatic hydroxyl groups excluding tert-OH is 1. The lowest BCUT2D eigenvalue weighted by molar-refractivity contribution is 0.137. The summed E-state index contributed by atoms with van der Waals surface area (Å²) < 4.78 is 27.8. The van der Waals surface area contributed by atoms with E-state index in [0.717, 1.165) is 32.8 Å². The van der Waals surface area contributed by atoms with E-state index >= 15 is 0 Å². The van der Waals surface area contributed by atoms with E-state index in [1.807, 2.05) is 53.1 Å². The standard InChI is InChI=1S/C24H23N3O3S/c1-31(29,30)16-24-25-20-10-4-7-13-23(20)27(24)15-17(28)14-26-21-11-5-2-8-18(21)19-9-3-6-12-22(19)26/h2-13,17,28H,14-16H2,1H3. The van der Waals surface area contributed by atoms with E-state index in [1.54, 1.807) is 0 Å². The zero-order valence-corrected chi connectivity index (χ0v) is 18.0. The summed E-state index contributed by atoms with van der Waals surface area (Å²) in [5.41, 5.74) is 3.68. The number of para-hydroxylation sites is 4. The second-order valence-electron chi connectivity index (χ2n) is 8.00. The van der Waals surface area contributed by atoms with Gasteiger partial charge in [-0.3, -0.25) is 0 Å². The van der Waals surface area contributed by atoms with Gasteiger partial charge in [0.2, 0.25) is 0 Å². The lowest BCUT2D eigenvalue weighted by atomic mass is 10.2. The number of fused-ring (bicyclic) bond motifs is 4. The molecule has 0 radical (unpaired) electrons. The Balaban J connectivity index is 1.54. The van der Waals surface area contributed by atoms with Crippen LogP contribution in [0.4, 0.5) is 0 Å². The minimum atomic E-state index is -3.26. The molecule has 0 fully saturated rings. The summed E-state index contributed by atoms with van der Waals surface area (Å²) in [6, 6.07) is 23.9. The third kappa shape index (κ3) is 3.71. The first-order chi connectivity index (χ1) is 14.9. The number of aliphatic hydroxyl groups is 1. The summed E-state index contributed by atoms with van der Waals surface area (Å²) in [5, 5.41) is 13.4. The quantitative estimate of drug-likeness (QED) is 0.442. The number of hydrogen-bond acceptors (Lipinski definition) is 4. The smallest absolute Gasteiger partial charge is 0.154 e. The molecular formula is C24H23N3O3S. The Hall–Kier alpha value is -3.16. The van der Waals surface area contributed by atoms with Crippen LogP contribution in [0.5, 0.6) is 0 Å². The SMILES string of the molecule is CS(=O)(=O)Cc1nc2ccccc2n1CC(O)Cn1c2ccccc2c2ccccc21. The van der Waals surface area contributed by atoms with Gasteiger partial charge >= 0.3 is 0 Å². The van der Waals surface area contributed by atoms with Crippen molar-refractivity contribution in [1.29, 1.82) is 0 Å². The van der Waals surface area contributed by atoms with Crippen molar-refractivity contribution in [1.82, 2.24) is 14.1 Å². The molecule has 31 heavy (non-hydrogen) atoms. The number of sulfone groups is 1.